The lowest BCUT2D eigenvalue weighted by atomic mass is 10.2. The molecule has 3 aromatic rings. The maximum atomic E-state index is 13.6. The topological polar surface area (TPSA) is 59.1 Å². The third-order valence-corrected chi connectivity index (χ3v) is 5.44. The van der Waals surface area contributed by atoms with E-state index in [1.165, 1.54) is 0 Å². The fourth-order valence-electron chi connectivity index (χ4n) is 1.98. The van der Waals surface area contributed by atoms with E-state index in [9.17, 15) is 17.2 Å². The van der Waals surface area contributed by atoms with Crippen LogP contribution in [0, 0.1) is 18.6 Å². The van der Waals surface area contributed by atoms with Crippen LogP contribution in [0.25, 0.3) is 10.2 Å². The van der Waals surface area contributed by atoms with Gasteiger partial charge in [0.05, 0.1) is 10.2 Å². The summed E-state index contributed by atoms with van der Waals surface area (Å²) in [5, 5.41) is 0.105. The lowest BCUT2D eigenvalue weighted by Gasteiger charge is -2.06. The zero-order valence-corrected chi connectivity index (χ0v) is 12.9. The van der Waals surface area contributed by atoms with Gasteiger partial charge in [-0.3, -0.25) is 4.72 Å². The fraction of sp³-hybridized carbons (Fsp3) is 0.0714. The third-order valence-electron chi connectivity index (χ3n) is 3.03. The van der Waals surface area contributed by atoms with Crippen LogP contribution >= 0.6 is 11.3 Å². The van der Waals surface area contributed by atoms with Crippen molar-refractivity contribution < 1.29 is 17.2 Å². The predicted octanol–water partition coefficient (Wildman–Crippen LogP) is 3.68. The molecule has 0 saturated heterocycles. The van der Waals surface area contributed by atoms with E-state index in [4.69, 9.17) is 0 Å². The lowest BCUT2D eigenvalue weighted by molar-refractivity contribution is 0.555. The molecule has 8 heteroatoms. The molecule has 0 radical (unpaired) electrons. The number of anilines is 1. The lowest BCUT2D eigenvalue weighted by Crippen LogP contribution is -2.14. The Morgan fingerprint density at radius 3 is 2.68 bits per heavy atom. The molecule has 0 saturated carbocycles. The Morgan fingerprint density at radius 1 is 1.18 bits per heavy atom. The van der Waals surface area contributed by atoms with Gasteiger partial charge in [0, 0.05) is 0 Å². The van der Waals surface area contributed by atoms with Crippen molar-refractivity contribution in [2.24, 2.45) is 0 Å². The minimum Gasteiger partial charge on any atom is -0.255 e. The van der Waals surface area contributed by atoms with E-state index >= 15 is 0 Å². The number of fused-ring (bicyclic) bond motifs is 1. The SMILES string of the molecule is Cc1cccc2sc(NS(=O)(=O)c3cc(F)ccc3F)nc12. The van der Waals surface area contributed by atoms with Gasteiger partial charge in [-0.25, -0.2) is 22.2 Å². The van der Waals surface area contributed by atoms with Gasteiger partial charge in [-0.15, -0.1) is 0 Å². The first kappa shape index (κ1) is 14.9. The first-order valence-electron chi connectivity index (χ1n) is 6.21. The van der Waals surface area contributed by atoms with Gasteiger partial charge in [0.15, 0.2) is 5.13 Å². The Labute approximate surface area is 129 Å². The van der Waals surface area contributed by atoms with Crippen molar-refractivity contribution in [3.63, 3.8) is 0 Å². The van der Waals surface area contributed by atoms with Crippen molar-refractivity contribution in [2.45, 2.75) is 11.8 Å². The second kappa shape index (κ2) is 5.29. The third kappa shape index (κ3) is 2.67. The molecule has 1 aromatic heterocycles. The summed E-state index contributed by atoms with van der Waals surface area (Å²) in [6.07, 6.45) is 0. The van der Waals surface area contributed by atoms with Crippen molar-refractivity contribution in [3.8, 4) is 0 Å². The van der Waals surface area contributed by atoms with Gasteiger partial charge in [0.2, 0.25) is 0 Å². The highest BCUT2D eigenvalue weighted by Gasteiger charge is 2.21. The van der Waals surface area contributed by atoms with Crippen LogP contribution in [0.4, 0.5) is 13.9 Å². The van der Waals surface area contributed by atoms with Crippen LogP contribution in [0.2, 0.25) is 0 Å². The summed E-state index contributed by atoms with van der Waals surface area (Å²) in [5.41, 5.74) is 1.57. The first-order valence-corrected chi connectivity index (χ1v) is 8.51. The van der Waals surface area contributed by atoms with Crippen LogP contribution < -0.4 is 4.72 Å². The highest BCUT2D eigenvalue weighted by Crippen LogP contribution is 2.29. The van der Waals surface area contributed by atoms with E-state index in [2.05, 4.69) is 9.71 Å². The van der Waals surface area contributed by atoms with E-state index in [-0.39, 0.29) is 5.13 Å². The molecule has 1 N–H and O–H groups in total. The van der Waals surface area contributed by atoms with Crippen molar-refractivity contribution in [1.29, 1.82) is 0 Å². The molecular formula is C14H10F2N2O2S2. The van der Waals surface area contributed by atoms with Crippen LogP contribution in [-0.4, -0.2) is 13.4 Å². The van der Waals surface area contributed by atoms with Crippen molar-refractivity contribution in [1.82, 2.24) is 4.98 Å². The molecule has 0 spiro atoms. The summed E-state index contributed by atoms with van der Waals surface area (Å²) in [5.74, 6) is -1.85. The van der Waals surface area contributed by atoms with Gasteiger partial charge in [-0.2, -0.15) is 0 Å². The number of hydrogen-bond donors (Lipinski definition) is 1. The Hall–Kier alpha value is -2.06. The number of rotatable bonds is 3. The second-order valence-corrected chi connectivity index (χ2v) is 7.30. The van der Waals surface area contributed by atoms with Gasteiger partial charge in [-0.05, 0) is 36.8 Å². The van der Waals surface area contributed by atoms with E-state index in [0.29, 0.717) is 11.6 Å². The number of halogens is 2. The molecular weight excluding hydrogens is 330 g/mol. The van der Waals surface area contributed by atoms with Crippen LogP contribution in [0.5, 0.6) is 0 Å². The molecule has 2 aromatic carbocycles. The molecule has 0 atom stereocenters. The number of nitrogens with zero attached hydrogens (tertiary/aromatic N) is 1. The first-order chi connectivity index (χ1) is 10.4. The summed E-state index contributed by atoms with van der Waals surface area (Å²) in [7, 11) is -4.24. The maximum Gasteiger partial charge on any atom is 0.266 e. The number of para-hydroxylation sites is 1. The minimum atomic E-state index is -4.24. The largest absolute Gasteiger partial charge is 0.266 e. The molecule has 1 heterocycles. The highest BCUT2D eigenvalue weighted by molar-refractivity contribution is 7.93. The molecule has 0 fully saturated rings. The number of aromatic nitrogens is 1. The molecule has 114 valence electrons. The van der Waals surface area contributed by atoms with Gasteiger partial charge in [0.25, 0.3) is 10.0 Å². The van der Waals surface area contributed by atoms with Crippen molar-refractivity contribution in [2.75, 3.05) is 4.72 Å². The van der Waals surface area contributed by atoms with Gasteiger partial charge < -0.3 is 0 Å². The molecule has 0 unspecified atom stereocenters. The zero-order chi connectivity index (χ0) is 15.9. The number of hydrogen-bond acceptors (Lipinski definition) is 4. The van der Waals surface area contributed by atoms with E-state index < -0.39 is 26.6 Å². The number of thiazole rings is 1. The van der Waals surface area contributed by atoms with Crippen LogP contribution in [0.1, 0.15) is 5.56 Å². The van der Waals surface area contributed by atoms with Crippen LogP contribution in [0.15, 0.2) is 41.3 Å². The Morgan fingerprint density at radius 2 is 1.95 bits per heavy atom. The highest BCUT2D eigenvalue weighted by atomic mass is 32.2. The quantitative estimate of drug-likeness (QED) is 0.791. The molecule has 0 bridgehead atoms. The van der Waals surface area contributed by atoms with Crippen LogP contribution in [-0.2, 0) is 10.0 Å². The predicted molar refractivity (Wildman–Crippen MR) is 81.5 cm³/mol. The number of sulfonamides is 1. The normalized spacial score (nSPS) is 11.8. The summed E-state index contributed by atoms with van der Waals surface area (Å²) in [6, 6.07) is 7.76. The standard InChI is InChI=1S/C14H10F2N2O2S2/c1-8-3-2-4-11-13(8)17-14(21-11)18-22(19,20)12-7-9(15)5-6-10(12)16/h2-7H,1H3,(H,17,18). The molecule has 0 aliphatic rings. The Bertz CT molecular complexity index is 968. The minimum absolute atomic E-state index is 0.105. The van der Waals surface area contributed by atoms with E-state index in [1.54, 1.807) is 6.07 Å². The number of benzene rings is 2. The molecule has 4 nitrogen and oxygen atoms in total. The Balaban J connectivity index is 2.03. The summed E-state index contributed by atoms with van der Waals surface area (Å²) >= 11 is 1.13. The molecule has 3 rings (SSSR count). The zero-order valence-electron chi connectivity index (χ0n) is 11.3. The molecule has 0 aliphatic heterocycles. The molecule has 0 aliphatic carbocycles. The van der Waals surface area contributed by atoms with Crippen molar-refractivity contribution in [3.05, 3.63) is 53.6 Å². The molecule has 0 amide bonds. The summed E-state index contributed by atoms with van der Waals surface area (Å²) in [4.78, 5) is 3.44. The summed E-state index contributed by atoms with van der Waals surface area (Å²) in [6.45, 7) is 1.85. The van der Waals surface area contributed by atoms with Crippen LogP contribution in [0.3, 0.4) is 0 Å². The smallest absolute Gasteiger partial charge is 0.255 e. The van der Waals surface area contributed by atoms with E-state index in [0.717, 1.165) is 33.7 Å². The van der Waals surface area contributed by atoms with Gasteiger partial charge >= 0.3 is 0 Å². The average molecular weight is 340 g/mol. The summed E-state index contributed by atoms with van der Waals surface area (Å²) < 4.78 is 54.2. The van der Waals surface area contributed by atoms with Gasteiger partial charge in [0.1, 0.15) is 16.5 Å². The van der Waals surface area contributed by atoms with Gasteiger partial charge in [-0.1, -0.05) is 23.5 Å². The molecule has 22 heavy (non-hydrogen) atoms. The monoisotopic (exact) mass is 340 g/mol. The van der Waals surface area contributed by atoms with E-state index in [1.807, 2.05) is 19.1 Å². The fourth-order valence-corrected chi connectivity index (χ4v) is 4.25. The number of aryl methyl sites for hydroxylation is 1. The average Bonchev–Trinajstić information content (AvgIpc) is 2.84. The maximum absolute atomic E-state index is 13.6. The Kier molecular flexibility index (Phi) is 3.57. The van der Waals surface area contributed by atoms with Crippen molar-refractivity contribution >= 4 is 36.7 Å². The second-order valence-electron chi connectivity index (χ2n) is 4.62. The number of nitrogens with one attached hydrogen (secondary N) is 1.